The minimum Gasteiger partial charge on any atom is -0.499 e. The fourth-order valence-corrected chi connectivity index (χ4v) is 11.9. The second kappa shape index (κ2) is 20.5. The number of aromatic nitrogens is 4. The van der Waals surface area contributed by atoms with Crippen LogP contribution >= 0.6 is 0 Å². The molecule has 0 saturated heterocycles. The van der Waals surface area contributed by atoms with Gasteiger partial charge in [-0.1, -0.05) is 120 Å². The molecular formula is C64H48F2GeIrN4O-2. The van der Waals surface area contributed by atoms with E-state index in [4.69, 9.17) is 17.6 Å². The van der Waals surface area contributed by atoms with E-state index in [9.17, 15) is 4.39 Å². The molecule has 4 aromatic heterocycles. The molecule has 0 unspecified atom stereocenters. The zero-order valence-corrected chi connectivity index (χ0v) is 44.3. The number of aryl methyl sites for hydroxylation is 2. The molecule has 0 aliphatic rings. The second-order valence-corrected chi connectivity index (χ2v) is 29.1. The summed E-state index contributed by atoms with van der Waals surface area (Å²) in [5.74, 6) is 5.97. The van der Waals surface area contributed by atoms with Crippen molar-refractivity contribution in [2.24, 2.45) is 0 Å². The van der Waals surface area contributed by atoms with Crippen molar-refractivity contribution in [2.75, 3.05) is 0 Å². The molecule has 0 fully saturated rings. The first-order valence-electron chi connectivity index (χ1n) is 26.5. The summed E-state index contributed by atoms with van der Waals surface area (Å²) in [5, 5.41) is 1.65. The Morgan fingerprint density at radius 2 is 1.26 bits per heavy atom. The van der Waals surface area contributed by atoms with E-state index in [1.165, 1.54) is 18.2 Å². The van der Waals surface area contributed by atoms with Crippen LogP contribution in [0.15, 0.2) is 205 Å². The van der Waals surface area contributed by atoms with Crippen molar-refractivity contribution < 1.29 is 41.5 Å². The first-order chi connectivity index (χ1) is 37.4. The molecule has 0 N–H and O–H groups in total. The third kappa shape index (κ3) is 9.74. The van der Waals surface area contributed by atoms with Crippen molar-refractivity contribution in [2.45, 2.75) is 31.0 Å². The van der Waals surface area contributed by atoms with Crippen LogP contribution in [0, 0.1) is 37.5 Å². The predicted molar refractivity (Wildman–Crippen MR) is 293 cm³/mol. The van der Waals surface area contributed by atoms with E-state index in [2.05, 4.69) is 69.7 Å². The van der Waals surface area contributed by atoms with Gasteiger partial charge in [-0.3, -0.25) is 9.97 Å². The van der Waals surface area contributed by atoms with Crippen molar-refractivity contribution in [3.05, 3.63) is 235 Å². The quantitative estimate of drug-likeness (QED) is 0.112. The molecule has 73 heavy (non-hydrogen) atoms. The fourth-order valence-electron chi connectivity index (χ4n) is 9.14. The Morgan fingerprint density at radius 1 is 0.575 bits per heavy atom. The SMILES string of the molecule is [2H]C([2H])([2H])c1cc(-c2[c-]cc(-c3ccccc3)cc2F)nc[c]1[Ge]([CH3])([CH3])[CH3].[2H]C([2H])([2H])c1ccc(-c2cc3c(cn2)oc2c(-c4nc5cccc(F)c5n4-c4cc(-c5ccccc5)ccc4-c4ccccc4)[c-]ccc23)cc1.[Ir]. The Hall–Kier alpha value is -7.62. The summed E-state index contributed by atoms with van der Waals surface area (Å²) in [6.07, 6.45) is 3.29. The summed E-state index contributed by atoms with van der Waals surface area (Å²) >= 11 is -2.44. The summed E-state index contributed by atoms with van der Waals surface area (Å²) in [7, 11) is 0. The molecule has 1 radical (unpaired) electrons. The number of imidazole rings is 1. The molecular weight excluding hydrogens is 1140 g/mol. The summed E-state index contributed by atoms with van der Waals surface area (Å²) in [6, 6.07) is 64.3. The Bertz CT molecular complexity index is 4190. The van der Waals surface area contributed by atoms with Gasteiger partial charge in [0.15, 0.2) is 0 Å². The maximum Gasteiger partial charge on any atom is 0.148 e. The van der Waals surface area contributed by atoms with Crippen molar-refractivity contribution >= 4 is 50.6 Å². The standard InChI is InChI=1S/C43H27FN3O.C21H21FGeN.Ir/c1-27-18-20-30(21-19-27)38-25-35-33-14-8-15-34(42(33)48-40(35)26-45-38)43-46-37-17-9-16-36(44)41(37)47(43)39-24-31(28-10-4-2-5-11-28)22-23-32(39)29-12-6-3-7-13-29;1-15-12-21(24-14-20(15)23(2,3)4)18-11-10-17(13-19(18)22)16-8-6-5-7-9-16;/h2-14,16-26H,1H3;5-10,12-14H,1-4H3;/q2*-1;/i2*1D3;. The normalized spacial score (nSPS) is 12.9. The monoisotopic (exact) mass is 1200 g/mol. The summed E-state index contributed by atoms with van der Waals surface area (Å²) in [6.45, 7) is -4.44. The number of hydrogen-bond donors (Lipinski definition) is 0. The van der Waals surface area contributed by atoms with Gasteiger partial charge in [0.05, 0.1) is 34.3 Å². The first kappa shape index (κ1) is 41.9. The van der Waals surface area contributed by atoms with Gasteiger partial charge in [-0.15, -0.1) is 18.2 Å². The zero-order chi connectivity index (χ0) is 54.5. The minimum absolute atomic E-state index is 0. The van der Waals surface area contributed by atoms with Crippen LogP contribution in [0.3, 0.4) is 0 Å². The smallest absolute Gasteiger partial charge is 0.148 e. The predicted octanol–water partition coefficient (Wildman–Crippen LogP) is 16.4. The van der Waals surface area contributed by atoms with Crippen LogP contribution in [0.5, 0.6) is 0 Å². The number of fused-ring (bicyclic) bond motifs is 4. The van der Waals surface area contributed by atoms with Gasteiger partial charge in [-0.05, 0) is 47.8 Å². The average Bonchev–Trinajstić information content (AvgIpc) is 4.28. The van der Waals surface area contributed by atoms with Crippen LogP contribution < -0.4 is 4.40 Å². The second-order valence-electron chi connectivity index (χ2n) is 18.5. The molecule has 0 aliphatic carbocycles. The van der Waals surface area contributed by atoms with E-state index < -0.39 is 38.6 Å². The largest absolute Gasteiger partial charge is 0.499 e. The van der Waals surface area contributed by atoms with Crippen molar-refractivity contribution in [1.29, 1.82) is 0 Å². The van der Waals surface area contributed by atoms with Gasteiger partial charge in [-0.25, -0.2) is 4.39 Å². The molecule has 4 heterocycles. The zero-order valence-electron chi connectivity index (χ0n) is 45.8. The average molecular weight is 1200 g/mol. The molecule has 9 heteroatoms. The van der Waals surface area contributed by atoms with Gasteiger partial charge in [0.1, 0.15) is 11.4 Å². The van der Waals surface area contributed by atoms with E-state index in [0.29, 0.717) is 50.5 Å². The van der Waals surface area contributed by atoms with E-state index in [1.807, 2.05) is 108 Å². The minimum atomic E-state index is -2.44. The van der Waals surface area contributed by atoms with Gasteiger partial charge in [-0.2, -0.15) is 0 Å². The molecule has 0 spiro atoms. The molecule has 359 valence electrons. The number of pyridine rings is 2. The van der Waals surface area contributed by atoms with Gasteiger partial charge in [0, 0.05) is 46.4 Å². The van der Waals surface area contributed by atoms with E-state index in [-0.39, 0.29) is 36.8 Å². The molecule has 0 bridgehead atoms. The Kier molecular flexibility index (Phi) is 11.8. The van der Waals surface area contributed by atoms with E-state index in [1.54, 1.807) is 48.8 Å². The Labute approximate surface area is 448 Å². The molecule has 12 rings (SSSR count). The van der Waals surface area contributed by atoms with Gasteiger partial charge < -0.3 is 8.98 Å². The maximum absolute atomic E-state index is 16.1. The molecule has 0 saturated carbocycles. The number of para-hydroxylation sites is 1. The number of benzene rings is 8. The van der Waals surface area contributed by atoms with Crippen LogP contribution in [0.25, 0.3) is 106 Å². The van der Waals surface area contributed by atoms with Gasteiger partial charge >= 0.3 is 150 Å². The van der Waals surface area contributed by atoms with Crippen LogP contribution in [-0.2, 0) is 20.1 Å². The molecule has 8 aromatic carbocycles. The van der Waals surface area contributed by atoms with Crippen molar-refractivity contribution in [1.82, 2.24) is 19.5 Å². The molecule has 0 atom stereocenters. The van der Waals surface area contributed by atoms with Crippen molar-refractivity contribution in [3.63, 3.8) is 0 Å². The Balaban J connectivity index is 0.000000213. The number of rotatable bonds is 8. The molecule has 0 aliphatic heterocycles. The van der Waals surface area contributed by atoms with Crippen LogP contribution in [0.4, 0.5) is 8.78 Å². The first-order valence-corrected chi connectivity index (χ1v) is 30.8. The maximum atomic E-state index is 16.1. The van der Waals surface area contributed by atoms with E-state index in [0.717, 1.165) is 54.2 Å². The van der Waals surface area contributed by atoms with Crippen LogP contribution in [0.2, 0.25) is 17.3 Å². The molecule has 12 aromatic rings. The van der Waals surface area contributed by atoms with Crippen LogP contribution in [-0.4, -0.2) is 32.8 Å². The van der Waals surface area contributed by atoms with Crippen LogP contribution in [0.1, 0.15) is 19.4 Å². The van der Waals surface area contributed by atoms with Gasteiger partial charge in [0.25, 0.3) is 0 Å². The summed E-state index contributed by atoms with van der Waals surface area (Å²) < 4.78 is 86.8. The number of nitrogens with zero attached hydrogens (tertiary/aromatic N) is 4. The molecule has 0 amide bonds. The van der Waals surface area contributed by atoms with E-state index >= 15 is 4.39 Å². The Morgan fingerprint density at radius 3 is 1.95 bits per heavy atom. The third-order valence-corrected chi connectivity index (χ3v) is 17.0. The fraction of sp³-hybridized carbons (Fsp3) is 0.0781. The molecule has 5 nitrogen and oxygen atoms in total. The topological polar surface area (TPSA) is 56.7 Å². The number of halogens is 2. The third-order valence-electron chi connectivity index (χ3n) is 12.7. The summed E-state index contributed by atoms with van der Waals surface area (Å²) in [5.41, 5.74) is 11.3. The number of hydrogen-bond acceptors (Lipinski definition) is 4. The summed E-state index contributed by atoms with van der Waals surface area (Å²) in [4.78, 5) is 14.1. The number of furan rings is 1. The van der Waals surface area contributed by atoms with Crippen molar-refractivity contribution in [3.8, 4) is 73.0 Å². The van der Waals surface area contributed by atoms with Gasteiger partial charge in [0.2, 0.25) is 0 Å².